The first kappa shape index (κ1) is 18.1. The second-order valence-electron chi connectivity index (χ2n) is 7.02. The van der Waals surface area contributed by atoms with Crippen molar-refractivity contribution in [3.8, 4) is 11.4 Å². The number of halogens is 1. The van der Waals surface area contributed by atoms with Crippen LogP contribution >= 0.6 is 0 Å². The largest absolute Gasteiger partial charge is 0.359 e. The van der Waals surface area contributed by atoms with Gasteiger partial charge in [-0.3, -0.25) is 14.5 Å². The van der Waals surface area contributed by atoms with Crippen molar-refractivity contribution in [2.24, 2.45) is 13.0 Å². The zero-order valence-electron chi connectivity index (χ0n) is 15.9. The average Bonchev–Trinajstić information content (AvgIpc) is 3.31. The number of nitrogens with one attached hydrogen (secondary N) is 1. The van der Waals surface area contributed by atoms with Crippen molar-refractivity contribution in [1.82, 2.24) is 25.2 Å². The van der Waals surface area contributed by atoms with E-state index >= 15 is 0 Å². The van der Waals surface area contributed by atoms with Gasteiger partial charge in [-0.25, -0.2) is 4.39 Å². The van der Waals surface area contributed by atoms with Gasteiger partial charge in [0.15, 0.2) is 17.3 Å². The lowest BCUT2D eigenvalue weighted by molar-refractivity contribution is 0.0942. The summed E-state index contributed by atoms with van der Waals surface area (Å²) in [5.41, 5.74) is 2.09. The molecule has 0 unspecified atom stereocenters. The molecule has 28 heavy (non-hydrogen) atoms. The zero-order chi connectivity index (χ0) is 19.8. The molecule has 0 saturated heterocycles. The van der Waals surface area contributed by atoms with E-state index < -0.39 is 5.82 Å². The number of pyridine rings is 1. The van der Waals surface area contributed by atoms with Gasteiger partial charge in [-0.05, 0) is 37.8 Å². The van der Waals surface area contributed by atoms with Crippen LogP contribution < -0.4 is 10.2 Å². The molecule has 0 atom stereocenters. The lowest BCUT2D eigenvalue weighted by Crippen LogP contribution is -2.27. The second kappa shape index (κ2) is 7.06. The summed E-state index contributed by atoms with van der Waals surface area (Å²) < 4.78 is 20.1. The Labute approximate surface area is 161 Å². The topological polar surface area (TPSA) is 89.1 Å². The molecule has 9 heteroatoms. The van der Waals surface area contributed by atoms with Crippen LogP contribution in [0.15, 0.2) is 28.9 Å². The van der Waals surface area contributed by atoms with E-state index in [0.29, 0.717) is 46.8 Å². The van der Waals surface area contributed by atoms with Gasteiger partial charge < -0.3 is 14.7 Å². The molecule has 3 heterocycles. The summed E-state index contributed by atoms with van der Waals surface area (Å²) in [6.45, 7) is 2.47. The van der Waals surface area contributed by atoms with Gasteiger partial charge in [0.05, 0.1) is 11.9 Å². The molecule has 8 nitrogen and oxygen atoms in total. The van der Waals surface area contributed by atoms with Crippen molar-refractivity contribution >= 4 is 17.4 Å². The van der Waals surface area contributed by atoms with Crippen molar-refractivity contribution < 1.29 is 13.7 Å². The third-order valence-electron chi connectivity index (χ3n) is 4.83. The molecular formula is C19H21FN6O2. The summed E-state index contributed by atoms with van der Waals surface area (Å²) in [7, 11) is 3.53. The number of hydrogen-bond acceptors (Lipinski definition) is 6. The van der Waals surface area contributed by atoms with Crippen LogP contribution in [-0.2, 0) is 7.05 Å². The Kier molecular flexibility index (Phi) is 4.58. The van der Waals surface area contributed by atoms with Crippen LogP contribution in [0.4, 0.5) is 15.9 Å². The molecule has 146 valence electrons. The molecule has 0 radical (unpaired) electrons. The van der Waals surface area contributed by atoms with E-state index in [-0.39, 0.29) is 5.91 Å². The minimum absolute atomic E-state index is 0.149. The van der Waals surface area contributed by atoms with E-state index in [9.17, 15) is 9.18 Å². The van der Waals surface area contributed by atoms with Crippen LogP contribution in [-0.4, -0.2) is 39.4 Å². The Balaban J connectivity index is 1.62. The number of amides is 1. The van der Waals surface area contributed by atoms with Crippen molar-refractivity contribution in [1.29, 1.82) is 0 Å². The number of carbonyl (C=O) groups excluding carboxylic acids is 1. The van der Waals surface area contributed by atoms with E-state index in [1.807, 2.05) is 0 Å². The third kappa shape index (κ3) is 3.47. The SMILES string of the molecule is Cc1onc(-c2ccc(F)cn2)c1N(C)c1cc(C(=O)NCC2CC2)n(C)n1. The molecular weight excluding hydrogens is 363 g/mol. The van der Waals surface area contributed by atoms with E-state index in [1.54, 1.807) is 42.7 Å². The van der Waals surface area contributed by atoms with Gasteiger partial charge in [0.25, 0.3) is 5.91 Å². The Hall–Kier alpha value is -3.23. The van der Waals surface area contributed by atoms with Gasteiger partial charge in [-0.1, -0.05) is 5.16 Å². The molecule has 3 aromatic rings. The molecule has 0 spiro atoms. The van der Waals surface area contributed by atoms with Crippen LogP contribution in [0.5, 0.6) is 0 Å². The van der Waals surface area contributed by atoms with Crippen LogP contribution in [0.25, 0.3) is 11.4 Å². The van der Waals surface area contributed by atoms with Crippen molar-refractivity contribution in [2.45, 2.75) is 19.8 Å². The molecule has 1 amide bonds. The first-order chi connectivity index (χ1) is 13.4. The highest BCUT2D eigenvalue weighted by Crippen LogP contribution is 2.35. The number of carbonyl (C=O) groups is 1. The predicted octanol–water partition coefficient (Wildman–Crippen LogP) is 2.83. The molecule has 1 N–H and O–H groups in total. The number of aromatic nitrogens is 4. The molecule has 0 aromatic carbocycles. The summed E-state index contributed by atoms with van der Waals surface area (Å²) in [6, 6.07) is 4.58. The van der Waals surface area contributed by atoms with Crippen LogP contribution in [0.1, 0.15) is 29.1 Å². The number of rotatable bonds is 6. The monoisotopic (exact) mass is 384 g/mol. The van der Waals surface area contributed by atoms with Crippen LogP contribution in [0.3, 0.4) is 0 Å². The highest BCUT2D eigenvalue weighted by molar-refractivity contribution is 5.93. The smallest absolute Gasteiger partial charge is 0.269 e. The minimum atomic E-state index is -0.426. The molecule has 1 aliphatic carbocycles. The zero-order valence-corrected chi connectivity index (χ0v) is 15.9. The first-order valence-electron chi connectivity index (χ1n) is 9.08. The van der Waals surface area contributed by atoms with E-state index in [0.717, 1.165) is 6.20 Å². The number of nitrogens with zero attached hydrogens (tertiary/aromatic N) is 5. The Morgan fingerprint density at radius 3 is 2.89 bits per heavy atom. The fraction of sp³-hybridized carbons (Fsp3) is 0.368. The van der Waals surface area contributed by atoms with Gasteiger partial charge in [-0.2, -0.15) is 5.10 Å². The van der Waals surface area contributed by atoms with Gasteiger partial charge in [0.2, 0.25) is 0 Å². The van der Waals surface area contributed by atoms with Gasteiger partial charge in [0, 0.05) is 26.7 Å². The fourth-order valence-corrected chi connectivity index (χ4v) is 3.04. The van der Waals surface area contributed by atoms with Crippen molar-refractivity contribution in [3.05, 3.63) is 41.7 Å². The maximum atomic E-state index is 13.2. The maximum Gasteiger partial charge on any atom is 0.269 e. The number of aryl methyl sites for hydroxylation is 2. The van der Waals surface area contributed by atoms with Crippen molar-refractivity contribution in [2.75, 3.05) is 18.5 Å². The van der Waals surface area contributed by atoms with Gasteiger partial charge >= 0.3 is 0 Å². The van der Waals surface area contributed by atoms with Crippen LogP contribution in [0, 0.1) is 18.7 Å². The molecule has 1 saturated carbocycles. The molecule has 0 aliphatic heterocycles. The molecule has 4 rings (SSSR count). The van der Waals surface area contributed by atoms with Gasteiger partial charge in [-0.15, -0.1) is 0 Å². The minimum Gasteiger partial charge on any atom is -0.359 e. The summed E-state index contributed by atoms with van der Waals surface area (Å²) in [5.74, 6) is 1.15. The van der Waals surface area contributed by atoms with Gasteiger partial charge in [0.1, 0.15) is 17.2 Å². The lowest BCUT2D eigenvalue weighted by atomic mass is 10.2. The summed E-state index contributed by atoms with van der Waals surface area (Å²) in [4.78, 5) is 18.3. The summed E-state index contributed by atoms with van der Waals surface area (Å²) in [5, 5.41) is 11.5. The molecule has 3 aromatic heterocycles. The normalized spacial score (nSPS) is 13.6. The lowest BCUT2D eigenvalue weighted by Gasteiger charge is -2.16. The first-order valence-corrected chi connectivity index (χ1v) is 9.08. The van der Waals surface area contributed by atoms with E-state index in [2.05, 4.69) is 20.6 Å². The highest BCUT2D eigenvalue weighted by atomic mass is 19.1. The fourth-order valence-electron chi connectivity index (χ4n) is 3.04. The highest BCUT2D eigenvalue weighted by Gasteiger charge is 2.25. The van der Waals surface area contributed by atoms with E-state index in [1.165, 1.54) is 18.9 Å². The Bertz CT molecular complexity index is 1010. The Morgan fingerprint density at radius 2 is 2.21 bits per heavy atom. The average molecular weight is 384 g/mol. The number of anilines is 2. The molecule has 1 fully saturated rings. The summed E-state index contributed by atoms with van der Waals surface area (Å²) >= 11 is 0. The second-order valence-corrected chi connectivity index (χ2v) is 7.02. The Morgan fingerprint density at radius 1 is 1.43 bits per heavy atom. The molecule has 1 aliphatic rings. The van der Waals surface area contributed by atoms with Crippen molar-refractivity contribution in [3.63, 3.8) is 0 Å². The standard InChI is InChI=1S/C19H21FN6O2/c1-11-18(17(24-28-11)14-7-6-13(20)10-21-14)25(2)16-8-15(26(3)23-16)19(27)22-9-12-4-5-12/h6-8,10,12H,4-5,9H2,1-3H3,(H,22,27). The van der Waals surface area contributed by atoms with E-state index in [4.69, 9.17) is 4.52 Å². The predicted molar refractivity (Wildman–Crippen MR) is 101 cm³/mol. The van der Waals surface area contributed by atoms with Crippen LogP contribution in [0.2, 0.25) is 0 Å². The summed E-state index contributed by atoms with van der Waals surface area (Å²) in [6.07, 6.45) is 3.48. The number of hydrogen-bond donors (Lipinski definition) is 1. The maximum absolute atomic E-state index is 13.2. The molecule has 0 bridgehead atoms. The quantitative estimate of drug-likeness (QED) is 0.703. The third-order valence-corrected chi connectivity index (χ3v) is 4.83.